The zero-order valence-corrected chi connectivity index (χ0v) is 8.90. The molecule has 5 heteroatoms. The molecule has 0 saturated heterocycles. The van der Waals surface area contributed by atoms with Crippen LogP contribution in [0.3, 0.4) is 0 Å². The quantitative estimate of drug-likeness (QED) is 0.412. The average Bonchev–Trinajstić information content (AvgIpc) is 2.59. The molecule has 0 atom stereocenters. The van der Waals surface area contributed by atoms with Crippen LogP contribution in [0.25, 0.3) is 0 Å². The lowest BCUT2D eigenvalue weighted by molar-refractivity contribution is 0.0594. The van der Waals surface area contributed by atoms with E-state index in [1.165, 1.54) is 7.11 Å². The number of ether oxygens (including phenoxy) is 2. The maximum Gasteiger partial charge on any atom is 0.341 e. The zero-order chi connectivity index (χ0) is 11.3. The molecular weight excluding hydrogens is 196 g/mol. The summed E-state index contributed by atoms with van der Waals surface area (Å²) < 4.78 is 11.4. The maximum atomic E-state index is 11.3. The molecule has 1 aromatic rings. The lowest BCUT2D eigenvalue weighted by Gasteiger charge is -2.00. The Morgan fingerprint density at radius 1 is 1.73 bits per heavy atom. The van der Waals surface area contributed by atoms with Crippen LogP contribution >= 0.6 is 0 Å². The molecule has 0 spiro atoms. The van der Waals surface area contributed by atoms with Crippen molar-refractivity contribution < 1.29 is 14.3 Å². The highest BCUT2D eigenvalue weighted by molar-refractivity contribution is 5.90. The second-order valence-corrected chi connectivity index (χ2v) is 2.96. The molecule has 1 aromatic heterocycles. The van der Waals surface area contributed by atoms with Gasteiger partial charge in [0, 0.05) is 13.2 Å². The highest BCUT2D eigenvalue weighted by Gasteiger charge is 2.15. The van der Waals surface area contributed by atoms with Crippen molar-refractivity contribution in [2.45, 2.75) is 6.61 Å². The van der Waals surface area contributed by atoms with Crippen LogP contribution in [-0.4, -0.2) is 29.5 Å². The number of esters is 1. The van der Waals surface area contributed by atoms with Crippen LogP contribution < -0.4 is 0 Å². The van der Waals surface area contributed by atoms with Crippen molar-refractivity contribution in [3.63, 3.8) is 0 Å². The number of aryl methyl sites for hydroxylation is 1. The molecule has 0 N–H and O–H groups in total. The summed E-state index contributed by atoms with van der Waals surface area (Å²) in [5.74, 6) is -0.402. The molecule has 15 heavy (non-hydrogen) atoms. The Hall–Kier alpha value is -1.62. The Balaban J connectivity index is 2.76. The largest absolute Gasteiger partial charge is 0.465 e. The third kappa shape index (κ3) is 2.92. The monoisotopic (exact) mass is 210 g/mol. The van der Waals surface area contributed by atoms with Gasteiger partial charge in [-0.2, -0.15) is 5.10 Å². The zero-order valence-electron chi connectivity index (χ0n) is 8.90. The molecule has 0 amide bonds. The summed E-state index contributed by atoms with van der Waals surface area (Å²) in [6, 6.07) is 0. The Bertz CT molecular complexity index is 358. The number of carbonyl (C=O) groups is 1. The molecule has 1 heterocycles. The van der Waals surface area contributed by atoms with Crippen LogP contribution in [0.4, 0.5) is 0 Å². The summed E-state index contributed by atoms with van der Waals surface area (Å²) in [5.41, 5.74) is 1.01. The first-order valence-corrected chi connectivity index (χ1v) is 4.48. The van der Waals surface area contributed by atoms with Gasteiger partial charge in [-0.1, -0.05) is 6.08 Å². The van der Waals surface area contributed by atoms with Gasteiger partial charge in [0.15, 0.2) is 0 Å². The first kappa shape index (κ1) is 11.5. The van der Waals surface area contributed by atoms with Gasteiger partial charge >= 0.3 is 5.97 Å². The summed E-state index contributed by atoms with van der Waals surface area (Å²) in [6.45, 7) is 4.23. The molecule has 82 valence electrons. The van der Waals surface area contributed by atoms with E-state index in [0.29, 0.717) is 17.9 Å². The van der Waals surface area contributed by atoms with Gasteiger partial charge in [-0.05, 0) is 0 Å². The van der Waals surface area contributed by atoms with Crippen LogP contribution in [0, 0.1) is 0 Å². The van der Waals surface area contributed by atoms with Crippen LogP contribution in [0.5, 0.6) is 0 Å². The molecule has 0 saturated carbocycles. The molecule has 5 nitrogen and oxygen atoms in total. The third-order valence-electron chi connectivity index (χ3n) is 1.79. The second kappa shape index (κ2) is 5.31. The standard InChI is InChI=1S/C10H14N2O3/c1-4-5-15-7-9-8(10(13)14-3)6-12(2)11-9/h4,6H,1,5,7H2,2-3H3. The van der Waals surface area contributed by atoms with E-state index in [1.54, 1.807) is 24.0 Å². The molecule has 0 aliphatic carbocycles. The fourth-order valence-electron chi connectivity index (χ4n) is 1.16. The molecule has 0 bridgehead atoms. The van der Waals surface area contributed by atoms with Crippen molar-refractivity contribution in [2.75, 3.05) is 13.7 Å². The van der Waals surface area contributed by atoms with Gasteiger partial charge in [0.2, 0.25) is 0 Å². The normalized spacial score (nSPS) is 10.0. The molecular formula is C10H14N2O3. The molecule has 0 fully saturated rings. The van der Waals surface area contributed by atoms with Gasteiger partial charge in [-0.3, -0.25) is 4.68 Å². The lowest BCUT2D eigenvalue weighted by Crippen LogP contribution is -2.05. The van der Waals surface area contributed by atoms with E-state index in [1.807, 2.05) is 0 Å². The smallest absolute Gasteiger partial charge is 0.341 e. The van der Waals surface area contributed by atoms with Crippen molar-refractivity contribution in [2.24, 2.45) is 7.05 Å². The van der Waals surface area contributed by atoms with Gasteiger partial charge in [0.1, 0.15) is 11.3 Å². The highest BCUT2D eigenvalue weighted by atomic mass is 16.5. The SMILES string of the molecule is C=CCOCc1nn(C)cc1C(=O)OC. The average molecular weight is 210 g/mol. The summed E-state index contributed by atoms with van der Waals surface area (Å²) in [4.78, 5) is 11.3. The summed E-state index contributed by atoms with van der Waals surface area (Å²) in [5, 5.41) is 4.11. The number of hydrogen-bond donors (Lipinski definition) is 0. The fraction of sp³-hybridized carbons (Fsp3) is 0.400. The fourth-order valence-corrected chi connectivity index (χ4v) is 1.16. The van der Waals surface area contributed by atoms with E-state index in [0.717, 1.165) is 0 Å². The van der Waals surface area contributed by atoms with E-state index in [2.05, 4.69) is 16.4 Å². The first-order chi connectivity index (χ1) is 7.19. The number of nitrogens with zero attached hydrogens (tertiary/aromatic N) is 2. The number of carbonyl (C=O) groups excluding carboxylic acids is 1. The first-order valence-electron chi connectivity index (χ1n) is 4.48. The Morgan fingerprint density at radius 2 is 2.47 bits per heavy atom. The number of aromatic nitrogens is 2. The Kier molecular flexibility index (Phi) is 4.05. The van der Waals surface area contributed by atoms with Crippen LogP contribution in [0.2, 0.25) is 0 Å². The third-order valence-corrected chi connectivity index (χ3v) is 1.79. The minimum absolute atomic E-state index is 0.275. The second-order valence-electron chi connectivity index (χ2n) is 2.96. The van der Waals surface area contributed by atoms with Crippen molar-refractivity contribution in [1.29, 1.82) is 0 Å². The van der Waals surface area contributed by atoms with Gasteiger partial charge in [-0.15, -0.1) is 6.58 Å². The summed E-state index contributed by atoms with van der Waals surface area (Å²) in [7, 11) is 3.08. The minimum Gasteiger partial charge on any atom is -0.465 e. The van der Waals surface area contributed by atoms with E-state index in [-0.39, 0.29) is 6.61 Å². The van der Waals surface area contributed by atoms with Gasteiger partial charge < -0.3 is 9.47 Å². The lowest BCUT2D eigenvalue weighted by atomic mass is 10.2. The number of rotatable bonds is 5. The Morgan fingerprint density at radius 3 is 3.07 bits per heavy atom. The van der Waals surface area contributed by atoms with Gasteiger partial charge in [0.05, 0.1) is 20.3 Å². The van der Waals surface area contributed by atoms with E-state index in [9.17, 15) is 4.79 Å². The number of methoxy groups -OCH3 is 1. The van der Waals surface area contributed by atoms with E-state index >= 15 is 0 Å². The van der Waals surface area contributed by atoms with Crippen LogP contribution in [0.15, 0.2) is 18.9 Å². The van der Waals surface area contributed by atoms with Crippen molar-refractivity contribution >= 4 is 5.97 Å². The molecule has 0 unspecified atom stereocenters. The van der Waals surface area contributed by atoms with Gasteiger partial charge in [-0.25, -0.2) is 4.79 Å². The molecule has 0 aliphatic heterocycles. The van der Waals surface area contributed by atoms with Crippen molar-refractivity contribution in [3.8, 4) is 0 Å². The highest BCUT2D eigenvalue weighted by Crippen LogP contribution is 2.09. The van der Waals surface area contributed by atoms with Crippen LogP contribution in [-0.2, 0) is 23.1 Å². The number of hydrogen-bond acceptors (Lipinski definition) is 4. The van der Waals surface area contributed by atoms with Crippen molar-refractivity contribution in [3.05, 3.63) is 30.1 Å². The maximum absolute atomic E-state index is 11.3. The molecule has 1 rings (SSSR count). The van der Waals surface area contributed by atoms with E-state index < -0.39 is 5.97 Å². The predicted octanol–water partition coefficient (Wildman–Crippen LogP) is 0.909. The summed E-state index contributed by atoms with van der Waals surface area (Å²) >= 11 is 0. The molecule has 0 radical (unpaired) electrons. The minimum atomic E-state index is -0.402. The van der Waals surface area contributed by atoms with E-state index in [4.69, 9.17) is 4.74 Å². The van der Waals surface area contributed by atoms with Crippen LogP contribution in [0.1, 0.15) is 16.1 Å². The van der Waals surface area contributed by atoms with Gasteiger partial charge in [0.25, 0.3) is 0 Å². The molecule has 0 aliphatic rings. The molecule has 0 aromatic carbocycles. The summed E-state index contributed by atoms with van der Waals surface area (Å²) in [6.07, 6.45) is 3.25. The van der Waals surface area contributed by atoms with Crippen molar-refractivity contribution in [1.82, 2.24) is 9.78 Å². The topological polar surface area (TPSA) is 53.4 Å². The predicted molar refractivity (Wildman–Crippen MR) is 54.4 cm³/mol. The Labute approximate surface area is 88.3 Å².